The van der Waals surface area contributed by atoms with E-state index in [9.17, 15) is 9.59 Å². The molecule has 0 saturated carbocycles. The minimum absolute atomic E-state index is 0.114. The molecule has 24 heavy (non-hydrogen) atoms. The Labute approximate surface area is 142 Å². The minimum atomic E-state index is -0.789. The largest absolute Gasteiger partial charge is 0.325 e. The Balaban J connectivity index is 1.76. The van der Waals surface area contributed by atoms with Gasteiger partial charge in [0.1, 0.15) is 5.54 Å². The number of carbonyl (C=O) groups is 2. The number of rotatable bonds is 3. The smallest absolute Gasteiger partial charge is 0.322 e. The fourth-order valence-electron chi connectivity index (χ4n) is 3.60. The molecule has 6 heteroatoms. The molecule has 1 aromatic rings. The SMILES string of the molecule is CC(C)N1C(=O)N[C@@]2(CCN([C@H](C)c3ccc(C#N)cc3)C2)C1=O. The zero-order chi connectivity index (χ0) is 17.5. The number of urea groups is 1. The molecular weight excluding hydrogens is 304 g/mol. The fraction of sp³-hybridized carbons (Fsp3) is 0.500. The Kier molecular flexibility index (Phi) is 4.06. The average molecular weight is 326 g/mol. The van der Waals surface area contributed by atoms with E-state index in [1.54, 1.807) is 12.1 Å². The second kappa shape index (κ2) is 5.91. The van der Waals surface area contributed by atoms with E-state index in [0.717, 1.165) is 12.1 Å². The van der Waals surface area contributed by atoms with E-state index in [-0.39, 0.29) is 24.0 Å². The number of hydrogen-bond donors (Lipinski definition) is 1. The molecule has 2 aliphatic rings. The fourth-order valence-corrected chi connectivity index (χ4v) is 3.60. The quantitative estimate of drug-likeness (QED) is 0.862. The van der Waals surface area contributed by atoms with Crippen molar-refractivity contribution in [2.24, 2.45) is 0 Å². The molecule has 0 unspecified atom stereocenters. The number of nitriles is 1. The molecule has 1 N–H and O–H groups in total. The molecule has 2 heterocycles. The maximum Gasteiger partial charge on any atom is 0.325 e. The number of hydrogen-bond acceptors (Lipinski definition) is 4. The Bertz CT molecular complexity index is 707. The highest BCUT2D eigenvalue weighted by atomic mass is 16.2. The summed E-state index contributed by atoms with van der Waals surface area (Å²) >= 11 is 0. The number of imide groups is 1. The van der Waals surface area contributed by atoms with Crippen molar-refractivity contribution in [3.8, 4) is 6.07 Å². The monoisotopic (exact) mass is 326 g/mol. The Hall–Kier alpha value is -2.39. The summed E-state index contributed by atoms with van der Waals surface area (Å²) in [5, 5.41) is 11.8. The van der Waals surface area contributed by atoms with Crippen molar-refractivity contribution in [1.29, 1.82) is 5.26 Å². The van der Waals surface area contributed by atoms with Gasteiger partial charge in [-0.3, -0.25) is 14.6 Å². The van der Waals surface area contributed by atoms with Gasteiger partial charge in [0.25, 0.3) is 5.91 Å². The van der Waals surface area contributed by atoms with Crippen molar-refractivity contribution >= 4 is 11.9 Å². The van der Waals surface area contributed by atoms with Gasteiger partial charge in [0.05, 0.1) is 11.6 Å². The van der Waals surface area contributed by atoms with Gasteiger partial charge >= 0.3 is 6.03 Å². The number of likely N-dealkylation sites (tertiary alicyclic amines) is 1. The summed E-state index contributed by atoms with van der Waals surface area (Å²) in [6.45, 7) is 7.05. The molecule has 0 radical (unpaired) electrons. The van der Waals surface area contributed by atoms with Crippen LogP contribution in [0.25, 0.3) is 0 Å². The lowest BCUT2D eigenvalue weighted by molar-refractivity contribution is -0.132. The second-order valence-corrected chi connectivity index (χ2v) is 6.91. The summed E-state index contributed by atoms with van der Waals surface area (Å²) in [6.07, 6.45) is 0.626. The first-order valence-corrected chi connectivity index (χ1v) is 8.28. The van der Waals surface area contributed by atoms with Crippen molar-refractivity contribution in [2.75, 3.05) is 13.1 Å². The normalized spacial score (nSPS) is 25.4. The van der Waals surface area contributed by atoms with Crippen LogP contribution in [0, 0.1) is 11.3 Å². The zero-order valence-corrected chi connectivity index (χ0v) is 14.2. The Morgan fingerprint density at radius 3 is 2.42 bits per heavy atom. The highest BCUT2D eigenvalue weighted by Gasteiger charge is 2.55. The lowest BCUT2D eigenvalue weighted by Crippen LogP contribution is -2.49. The maximum absolute atomic E-state index is 12.7. The van der Waals surface area contributed by atoms with Crippen LogP contribution >= 0.6 is 0 Å². The third-order valence-corrected chi connectivity index (χ3v) is 5.08. The first-order chi connectivity index (χ1) is 11.4. The van der Waals surface area contributed by atoms with Crippen LogP contribution in [-0.2, 0) is 4.79 Å². The first kappa shape index (κ1) is 16.5. The molecule has 126 valence electrons. The molecule has 2 atom stereocenters. The highest BCUT2D eigenvalue weighted by molar-refractivity contribution is 6.07. The number of nitrogens with one attached hydrogen (secondary N) is 1. The van der Waals surface area contributed by atoms with E-state index in [1.165, 1.54) is 4.90 Å². The van der Waals surface area contributed by atoms with E-state index in [0.29, 0.717) is 18.5 Å². The van der Waals surface area contributed by atoms with Crippen molar-refractivity contribution in [1.82, 2.24) is 15.1 Å². The van der Waals surface area contributed by atoms with E-state index < -0.39 is 5.54 Å². The lowest BCUT2D eigenvalue weighted by Gasteiger charge is -2.27. The number of carbonyl (C=O) groups excluding carboxylic acids is 2. The predicted molar refractivity (Wildman–Crippen MR) is 89.0 cm³/mol. The molecule has 0 bridgehead atoms. The standard InChI is InChI=1S/C18H22N4O2/c1-12(2)22-16(23)18(20-17(22)24)8-9-21(11-18)13(3)15-6-4-14(10-19)5-7-15/h4-7,12-13H,8-9,11H2,1-3H3,(H,20,24)/t13-,18-/m1/s1. The van der Waals surface area contributed by atoms with Crippen molar-refractivity contribution < 1.29 is 9.59 Å². The third kappa shape index (κ3) is 2.55. The molecule has 3 rings (SSSR count). The summed E-state index contributed by atoms with van der Waals surface area (Å²) in [6, 6.07) is 9.32. The number of nitrogens with zero attached hydrogens (tertiary/aromatic N) is 3. The Morgan fingerprint density at radius 1 is 1.21 bits per heavy atom. The van der Waals surface area contributed by atoms with Crippen LogP contribution in [0.3, 0.4) is 0 Å². The van der Waals surface area contributed by atoms with E-state index in [1.807, 2.05) is 26.0 Å². The molecule has 6 nitrogen and oxygen atoms in total. The van der Waals surface area contributed by atoms with Crippen molar-refractivity contribution in [2.45, 2.75) is 44.8 Å². The van der Waals surface area contributed by atoms with E-state index in [2.05, 4.69) is 23.2 Å². The topological polar surface area (TPSA) is 76.4 Å². The average Bonchev–Trinajstić information content (AvgIpc) is 3.09. The highest BCUT2D eigenvalue weighted by Crippen LogP contribution is 2.34. The van der Waals surface area contributed by atoms with Gasteiger partial charge < -0.3 is 5.32 Å². The van der Waals surface area contributed by atoms with Crippen molar-refractivity contribution in [3.63, 3.8) is 0 Å². The van der Waals surface area contributed by atoms with Gasteiger partial charge in [-0.25, -0.2) is 4.79 Å². The van der Waals surface area contributed by atoms with Crippen LogP contribution in [0.15, 0.2) is 24.3 Å². The molecule has 1 aromatic carbocycles. The van der Waals surface area contributed by atoms with Gasteiger partial charge in [0.15, 0.2) is 0 Å². The summed E-state index contributed by atoms with van der Waals surface area (Å²) in [5.74, 6) is -0.114. The molecule has 0 aliphatic carbocycles. The summed E-state index contributed by atoms with van der Waals surface area (Å²) in [7, 11) is 0. The third-order valence-electron chi connectivity index (χ3n) is 5.08. The lowest BCUT2D eigenvalue weighted by atomic mass is 9.98. The van der Waals surface area contributed by atoms with Gasteiger partial charge in [-0.1, -0.05) is 12.1 Å². The molecule has 2 aliphatic heterocycles. The molecule has 2 fully saturated rings. The molecule has 3 amide bonds. The van der Waals surface area contributed by atoms with Crippen molar-refractivity contribution in [3.05, 3.63) is 35.4 Å². The van der Waals surface area contributed by atoms with Gasteiger partial charge in [0.2, 0.25) is 0 Å². The second-order valence-electron chi connectivity index (χ2n) is 6.91. The number of benzene rings is 1. The Morgan fingerprint density at radius 2 is 1.88 bits per heavy atom. The van der Waals surface area contributed by atoms with Gasteiger partial charge in [-0.05, 0) is 44.9 Å². The predicted octanol–water partition coefficient (Wildman–Crippen LogP) is 2.02. The summed E-state index contributed by atoms with van der Waals surface area (Å²) in [4.78, 5) is 28.4. The van der Waals surface area contributed by atoms with E-state index in [4.69, 9.17) is 5.26 Å². The molecule has 0 aromatic heterocycles. The minimum Gasteiger partial charge on any atom is -0.322 e. The van der Waals surface area contributed by atoms with Crippen LogP contribution in [-0.4, -0.2) is 46.4 Å². The first-order valence-electron chi connectivity index (χ1n) is 8.28. The summed E-state index contributed by atoms with van der Waals surface area (Å²) < 4.78 is 0. The number of amides is 3. The van der Waals surface area contributed by atoms with Crippen LogP contribution in [0.2, 0.25) is 0 Å². The maximum atomic E-state index is 12.7. The van der Waals surface area contributed by atoms with Crippen LogP contribution < -0.4 is 5.32 Å². The van der Waals surface area contributed by atoms with Crippen LogP contribution in [0.5, 0.6) is 0 Å². The molecular formula is C18H22N4O2. The zero-order valence-electron chi connectivity index (χ0n) is 14.2. The van der Waals surface area contributed by atoms with Crippen LogP contribution in [0.1, 0.15) is 44.4 Å². The molecule has 2 saturated heterocycles. The van der Waals surface area contributed by atoms with Gasteiger partial charge in [-0.2, -0.15) is 5.26 Å². The van der Waals surface area contributed by atoms with Crippen LogP contribution in [0.4, 0.5) is 4.79 Å². The molecule has 1 spiro atoms. The summed E-state index contributed by atoms with van der Waals surface area (Å²) in [5.41, 5.74) is 0.945. The van der Waals surface area contributed by atoms with Gasteiger partial charge in [-0.15, -0.1) is 0 Å². The van der Waals surface area contributed by atoms with Gasteiger partial charge in [0, 0.05) is 25.2 Å². The van der Waals surface area contributed by atoms with E-state index >= 15 is 0 Å².